The molecule has 3 nitrogen and oxygen atoms in total. The van der Waals surface area contributed by atoms with E-state index in [0.717, 1.165) is 31.5 Å². The summed E-state index contributed by atoms with van der Waals surface area (Å²) in [7, 11) is 0. The molecule has 0 saturated heterocycles. The molecule has 27 heavy (non-hydrogen) atoms. The van der Waals surface area contributed by atoms with E-state index in [1.165, 1.54) is 0 Å². The summed E-state index contributed by atoms with van der Waals surface area (Å²) in [5.74, 6) is -0.0480. The lowest BCUT2D eigenvalue weighted by Gasteiger charge is -2.11. The fourth-order valence-electron chi connectivity index (χ4n) is 3.07. The number of carbonyl (C=O) groups excluding carboxylic acids is 1. The van der Waals surface area contributed by atoms with Gasteiger partial charge >= 0.3 is 0 Å². The van der Waals surface area contributed by atoms with Crippen LogP contribution in [-0.2, 0) is 17.9 Å². The fourth-order valence-corrected chi connectivity index (χ4v) is 4.56. The molecule has 0 aliphatic carbocycles. The monoisotopic (exact) mass is 458 g/mol. The highest BCUT2D eigenvalue weighted by atomic mass is 79.9. The summed E-state index contributed by atoms with van der Waals surface area (Å²) in [5, 5.41) is 6.79. The summed E-state index contributed by atoms with van der Waals surface area (Å²) in [6.07, 6.45) is 0. The first-order valence-electron chi connectivity index (χ1n) is 8.44. The molecule has 0 saturated carbocycles. The second-order valence-electron chi connectivity index (χ2n) is 6.16. The predicted octanol–water partition coefficient (Wildman–Crippen LogP) is 6.10. The van der Waals surface area contributed by atoms with Crippen LogP contribution in [0.4, 0.5) is 0 Å². The number of para-hydroxylation sites is 1. The first kappa shape index (κ1) is 18.3. The molecule has 2 aromatic heterocycles. The van der Waals surface area contributed by atoms with Crippen LogP contribution in [0.3, 0.4) is 0 Å². The minimum Gasteiger partial charge on any atom is -0.350 e. The Balaban J connectivity index is 1.57. The topological polar surface area (TPSA) is 34.0 Å². The zero-order valence-corrected chi connectivity index (χ0v) is 17.4. The Kier molecular flexibility index (Phi) is 5.34. The van der Waals surface area contributed by atoms with Crippen molar-refractivity contribution in [3.8, 4) is 10.6 Å². The number of nitrogens with zero attached hydrogens (tertiary/aromatic N) is 1. The van der Waals surface area contributed by atoms with Crippen LogP contribution in [0.2, 0.25) is 5.02 Å². The average Bonchev–Trinajstić information content (AvgIpc) is 3.29. The zero-order chi connectivity index (χ0) is 18.8. The van der Waals surface area contributed by atoms with Crippen molar-refractivity contribution in [3.05, 3.63) is 81.1 Å². The quantitative estimate of drug-likeness (QED) is 0.384. The lowest BCUT2D eigenvalue weighted by molar-refractivity contribution is -0.121. The number of nitrogens with one attached hydrogen (secondary N) is 1. The molecule has 0 radical (unpaired) electrons. The van der Waals surface area contributed by atoms with Crippen molar-refractivity contribution in [3.63, 3.8) is 0 Å². The summed E-state index contributed by atoms with van der Waals surface area (Å²) in [5.41, 5.74) is 3.00. The number of hydrogen-bond donors (Lipinski definition) is 1. The first-order chi connectivity index (χ1) is 13.1. The van der Waals surface area contributed by atoms with E-state index in [-0.39, 0.29) is 12.5 Å². The SMILES string of the molecule is O=C(Cn1c(-c2cccs2)cc2ccccc21)NCc1ccc(Br)cc1Cl. The third-order valence-electron chi connectivity index (χ3n) is 4.38. The van der Waals surface area contributed by atoms with Crippen LogP contribution in [0.25, 0.3) is 21.5 Å². The standard InChI is InChI=1S/C21H16BrClN2OS/c22-16-8-7-15(17(23)11-16)12-24-21(26)13-25-18-5-2-1-4-14(18)10-19(25)20-6-3-9-27-20/h1-11H,12-13H2,(H,24,26). The Morgan fingerprint density at radius 1 is 1.11 bits per heavy atom. The highest BCUT2D eigenvalue weighted by Gasteiger charge is 2.14. The smallest absolute Gasteiger partial charge is 0.240 e. The molecule has 0 bridgehead atoms. The normalized spacial score (nSPS) is 11.0. The van der Waals surface area contributed by atoms with Crippen LogP contribution >= 0.6 is 38.9 Å². The lowest BCUT2D eigenvalue weighted by atomic mass is 10.2. The van der Waals surface area contributed by atoms with Crippen LogP contribution in [0.5, 0.6) is 0 Å². The summed E-state index contributed by atoms with van der Waals surface area (Å²) >= 11 is 11.3. The minimum absolute atomic E-state index is 0.0480. The van der Waals surface area contributed by atoms with Gasteiger partial charge in [-0.2, -0.15) is 0 Å². The maximum absolute atomic E-state index is 12.6. The highest BCUT2D eigenvalue weighted by molar-refractivity contribution is 9.10. The Labute approximate surface area is 174 Å². The van der Waals surface area contributed by atoms with Gasteiger partial charge < -0.3 is 9.88 Å². The Morgan fingerprint density at radius 3 is 2.74 bits per heavy atom. The third-order valence-corrected chi connectivity index (χ3v) is 6.11. The van der Waals surface area contributed by atoms with Crippen molar-refractivity contribution in [2.45, 2.75) is 13.1 Å². The number of thiophene rings is 1. The van der Waals surface area contributed by atoms with Gasteiger partial charge in [-0.15, -0.1) is 11.3 Å². The van der Waals surface area contributed by atoms with Crippen molar-refractivity contribution in [2.24, 2.45) is 0 Å². The van der Waals surface area contributed by atoms with Gasteiger partial charge in [0.1, 0.15) is 6.54 Å². The number of halogens is 2. The summed E-state index contributed by atoms with van der Waals surface area (Å²) in [6, 6.07) is 20.0. The van der Waals surface area contributed by atoms with E-state index in [2.05, 4.69) is 44.0 Å². The van der Waals surface area contributed by atoms with Gasteiger partial charge in [0.15, 0.2) is 0 Å². The van der Waals surface area contributed by atoms with Crippen molar-refractivity contribution >= 4 is 55.7 Å². The molecule has 0 aliphatic heterocycles. The molecule has 4 rings (SSSR count). The van der Waals surface area contributed by atoms with Crippen molar-refractivity contribution < 1.29 is 4.79 Å². The van der Waals surface area contributed by atoms with E-state index in [9.17, 15) is 4.79 Å². The molecule has 0 spiro atoms. The molecular weight excluding hydrogens is 444 g/mol. The number of fused-ring (bicyclic) bond motifs is 1. The lowest BCUT2D eigenvalue weighted by Crippen LogP contribution is -2.27. The molecule has 136 valence electrons. The van der Waals surface area contributed by atoms with Crippen LogP contribution < -0.4 is 5.32 Å². The van der Waals surface area contributed by atoms with Gasteiger partial charge in [-0.25, -0.2) is 0 Å². The second-order valence-corrected chi connectivity index (χ2v) is 8.43. The number of aromatic nitrogens is 1. The number of amides is 1. The second kappa shape index (κ2) is 7.89. The molecule has 4 aromatic rings. The van der Waals surface area contributed by atoms with Gasteiger partial charge in [0.25, 0.3) is 0 Å². The predicted molar refractivity (Wildman–Crippen MR) is 116 cm³/mol. The Bertz CT molecular complexity index is 1100. The molecule has 1 N–H and O–H groups in total. The number of hydrogen-bond acceptors (Lipinski definition) is 2. The maximum Gasteiger partial charge on any atom is 0.240 e. The first-order valence-corrected chi connectivity index (χ1v) is 10.5. The van der Waals surface area contributed by atoms with E-state index in [1.807, 2.05) is 47.8 Å². The van der Waals surface area contributed by atoms with Gasteiger partial charge in [0.05, 0.1) is 10.6 Å². The van der Waals surface area contributed by atoms with E-state index in [4.69, 9.17) is 11.6 Å². The molecule has 6 heteroatoms. The molecular formula is C21H16BrClN2OS. The van der Waals surface area contributed by atoms with Crippen LogP contribution in [0.1, 0.15) is 5.56 Å². The average molecular weight is 460 g/mol. The molecule has 2 heterocycles. The van der Waals surface area contributed by atoms with E-state index >= 15 is 0 Å². The van der Waals surface area contributed by atoms with E-state index in [1.54, 1.807) is 11.3 Å². The highest BCUT2D eigenvalue weighted by Crippen LogP contribution is 2.31. The van der Waals surface area contributed by atoms with Crippen molar-refractivity contribution in [1.29, 1.82) is 0 Å². The summed E-state index contributed by atoms with van der Waals surface area (Å²) in [4.78, 5) is 13.8. The third kappa shape index (κ3) is 3.95. The molecule has 0 unspecified atom stereocenters. The molecule has 0 atom stereocenters. The minimum atomic E-state index is -0.0480. The van der Waals surface area contributed by atoms with Crippen LogP contribution in [0, 0.1) is 0 Å². The Morgan fingerprint density at radius 2 is 1.96 bits per heavy atom. The maximum atomic E-state index is 12.6. The molecule has 2 aromatic carbocycles. The van der Waals surface area contributed by atoms with Gasteiger partial charge in [0.2, 0.25) is 5.91 Å². The summed E-state index contributed by atoms with van der Waals surface area (Å²) in [6.45, 7) is 0.660. The summed E-state index contributed by atoms with van der Waals surface area (Å²) < 4.78 is 2.99. The van der Waals surface area contributed by atoms with Gasteiger partial charge in [-0.3, -0.25) is 4.79 Å². The Hall–Kier alpha value is -2.08. The van der Waals surface area contributed by atoms with Gasteiger partial charge in [-0.1, -0.05) is 57.9 Å². The van der Waals surface area contributed by atoms with E-state index < -0.39 is 0 Å². The van der Waals surface area contributed by atoms with Crippen molar-refractivity contribution in [1.82, 2.24) is 9.88 Å². The molecule has 1 amide bonds. The van der Waals surface area contributed by atoms with Crippen molar-refractivity contribution in [2.75, 3.05) is 0 Å². The van der Waals surface area contributed by atoms with Gasteiger partial charge in [-0.05, 0) is 41.3 Å². The van der Waals surface area contributed by atoms with Gasteiger partial charge in [0, 0.05) is 26.9 Å². The fraction of sp³-hybridized carbons (Fsp3) is 0.0952. The number of rotatable bonds is 5. The number of benzene rings is 2. The zero-order valence-electron chi connectivity index (χ0n) is 14.3. The van der Waals surface area contributed by atoms with Crippen LogP contribution in [-0.4, -0.2) is 10.5 Å². The largest absolute Gasteiger partial charge is 0.350 e. The van der Waals surface area contributed by atoms with E-state index in [0.29, 0.717) is 11.6 Å². The van der Waals surface area contributed by atoms with Crippen LogP contribution in [0.15, 0.2) is 70.5 Å². The molecule has 0 fully saturated rings. The molecule has 0 aliphatic rings. The number of carbonyl (C=O) groups is 1.